The highest BCUT2D eigenvalue weighted by molar-refractivity contribution is 9.10. The number of hydrogen-bond acceptors (Lipinski definition) is 4. The Bertz CT molecular complexity index is 609. The zero-order chi connectivity index (χ0) is 13.3. The van der Waals surface area contributed by atoms with Crippen molar-refractivity contribution in [2.24, 2.45) is 0 Å². The van der Waals surface area contributed by atoms with Crippen LogP contribution in [-0.4, -0.2) is 23.3 Å². The molecule has 0 aliphatic rings. The highest BCUT2D eigenvalue weighted by Crippen LogP contribution is 2.34. The minimum absolute atomic E-state index is 0.136. The van der Waals surface area contributed by atoms with Crippen molar-refractivity contribution in [2.45, 2.75) is 6.10 Å². The van der Waals surface area contributed by atoms with Crippen molar-refractivity contribution in [3.8, 4) is 5.75 Å². The molecule has 2 aromatic rings. The molecular weight excluding hydrogens is 300 g/mol. The number of hydrogen-bond donors (Lipinski definition) is 2. The van der Waals surface area contributed by atoms with Crippen LogP contribution in [0.2, 0.25) is 0 Å². The normalized spacial score (nSPS) is 12.4. The number of aliphatic hydroxyl groups excluding tert-OH is 1. The van der Waals surface area contributed by atoms with Crippen LogP contribution < -0.4 is 0 Å². The maximum Gasteiger partial charge on any atom is 0.339 e. The summed E-state index contributed by atoms with van der Waals surface area (Å²) in [5.41, 5.74) is 0.159. The number of halogens is 1. The Hall–Kier alpha value is -1.59. The number of esters is 1. The van der Waals surface area contributed by atoms with Gasteiger partial charge in [-0.25, -0.2) is 4.79 Å². The predicted octanol–water partition coefficient (Wildman–Crippen LogP) is 2.51. The van der Waals surface area contributed by atoms with Gasteiger partial charge >= 0.3 is 5.97 Å². The van der Waals surface area contributed by atoms with Crippen molar-refractivity contribution < 1.29 is 19.7 Å². The highest BCUT2D eigenvalue weighted by atomic mass is 79.9. The lowest BCUT2D eigenvalue weighted by Crippen LogP contribution is -2.14. The summed E-state index contributed by atoms with van der Waals surface area (Å²) in [4.78, 5) is 11.4. The zero-order valence-corrected chi connectivity index (χ0v) is 11.1. The molecule has 0 radical (unpaired) electrons. The summed E-state index contributed by atoms with van der Waals surface area (Å²) >= 11 is 3.34. The predicted molar refractivity (Wildman–Crippen MR) is 70.3 cm³/mol. The van der Waals surface area contributed by atoms with E-state index in [9.17, 15) is 15.0 Å². The lowest BCUT2D eigenvalue weighted by atomic mass is 9.99. The third-order valence-corrected chi connectivity index (χ3v) is 3.19. The zero-order valence-electron chi connectivity index (χ0n) is 9.55. The van der Waals surface area contributed by atoms with Gasteiger partial charge in [0, 0.05) is 10.0 Å². The number of benzene rings is 2. The highest BCUT2D eigenvalue weighted by Gasteiger charge is 2.23. The molecule has 0 fully saturated rings. The minimum Gasteiger partial charge on any atom is -0.508 e. The number of aliphatic hydroxyl groups is 1. The average molecular weight is 311 g/mol. The van der Waals surface area contributed by atoms with Gasteiger partial charge in [-0.2, -0.15) is 0 Å². The van der Waals surface area contributed by atoms with Crippen LogP contribution in [-0.2, 0) is 9.53 Å². The number of methoxy groups -OCH3 is 1. The molecule has 0 saturated carbocycles. The van der Waals surface area contributed by atoms with Gasteiger partial charge in [0.1, 0.15) is 5.75 Å². The van der Waals surface area contributed by atoms with Crippen molar-refractivity contribution in [2.75, 3.05) is 7.11 Å². The molecule has 0 spiro atoms. The number of rotatable bonds is 2. The fourth-order valence-electron chi connectivity index (χ4n) is 1.83. The molecule has 1 atom stereocenters. The second-order valence-electron chi connectivity index (χ2n) is 3.79. The first-order valence-electron chi connectivity index (χ1n) is 5.21. The molecule has 0 aromatic heterocycles. The molecule has 0 aliphatic heterocycles. The van der Waals surface area contributed by atoms with Crippen molar-refractivity contribution in [1.82, 2.24) is 0 Å². The monoisotopic (exact) mass is 310 g/mol. The summed E-state index contributed by atoms with van der Waals surface area (Å²) in [5.74, 6) is -0.941. The van der Waals surface area contributed by atoms with Gasteiger partial charge in [-0.05, 0) is 29.0 Å². The number of aromatic hydroxyl groups is 1. The van der Waals surface area contributed by atoms with E-state index in [0.29, 0.717) is 5.39 Å². The third kappa shape index (κ3) is 2.19. The second-order valence-corrected chi connectivity index (χ2v) is 4.71. The molecule has 2 N–H and O–H groups in total. The van der Waals surface area contributed by atoms with Crippen LogP contribution in [0, 0.1) is 0 Å². The number of ether oxygens (including phenoxy) is 1. The third-order valence-electron chi connectivity index (χ3n) is 2.70. The summed E-state index contributed by atoms with van der Waals surface area (Å²) in [7, 11) is 1.18. The molecule has 0 bridgehead atoms. The summed E-state index contributed by atoms with van der Waals surface area (Å²) in [6.45, 7) is 0. The molecule has 94 valence electrons. The number of carbonyl (C=O) groups is 1. The van der Waals surface area contributed by atoms with E-state index < -0.39 is 12.1 Å². The second kappa shape index (κ2) is 4.96. The van der Waals surface area contributed by atoms with E-state index in [1.54, 1.807) is 18.2 Å². The van der Waals surface area contributed by atoms with Crippen LogP contribution in [0.4, 0.5) is 0 Å². The number of phenolic OH excluding ortho intramolecular Hbond substituents is 1. The number of fused-ring (bicyclic) bond motifs is 1. The Labute approximate surface area is 112 Å². The largest absolute Gasteiger partial charge is 0.508 e. The van der Waals surface area contributed by atoms with Crippen LogP contribution in [0.1, 0.15) is 11.7 Å². The first-order chi connectivity index (χ1) is 8.54. The Morgan fingerprint density at radius 2 is 2.06 bits per heavy atom. The lowest BCUT2D eigenvalue weighted by molar-refractivity contribution is -0.150. The summed E-state index contributed by atoms with van der Waals surface area (Å²) in [6, 6.07) is 8.48. The van der Waals surface area contributed by atoms with Gasteiger partial charge in [-0.1, -0.05) is 28.1 Å². The topological polar surface area (TPSA) is 66.8 Å². The van der Waals surface area contributed by atoms with E-state index in [1.807, 2.05) is 6.07 Å². The summed E-state index contributed by atoms with van der Waals surface area (Å²) in [5, 5.41) is 21.1. The quantitative estimate of drug-likeness (QED) is 0.836. The maximum absolute atomic E-state index is 11.4. The standard InChI is InChI=1S/C13H11BrO4/c1-18-13(17)12(16)11-9-4-3-8(14)6-7(9)2-5-10(11)15/h2-6,12,15-16H,1H3. The van der Waals surface area contributed by atoms with Gasteiger partial charge in [-0.15, -0.1) is 0 Å². The van der Waals surface area contributed by atoms with Gasteiger partial charge in [0.15, 0.2) is 6.10 Å². The number of carbonyl (C=O) groups excluding carboxylic acids is 1. The van der Waals surface area contributed by atoms with Gasteiger partial charge in [-0.3, -0.25) is 0 Å². The first-order valence-corrected chi connectivity index (χ1v) is 6.01. The van der Waals surface area contributed by atoms with Crippen molar-refractivity contribution in [1.29, 1.82) is 0 Å². The molecule has 4 nitrogen and oxygen atoms in total. The van der Waals surface area contributed by atoms with Gasteiger partial charge in [0.2, 0.25) is 0 Å². The molecule has 1 unspecified atom stereocenters. The Morgan fingerprint density at radius 3 is 2.72 bits per heavy atom. The van der Waals surface area contributed by atoms with E-state index in [2.05, 4.69) is 20.7 Å². The molecule has 5 heteroatoms. The Morgan fingerprint density at radius 1 is 1.33 bits per heavy atom. The smallest absolute Gasteiger partial charge is 0.339 e. The van der Waals surface area contributed by atoms with E-state index in [0.717, 1.165) is 9.86 Å². The van der Waals surface area contributed by atoms with E-state index in [-0.39, 0.29) is 11.3 Å². The molecule has 2 aromatic carbocycles. The maximum atomic E-state index is 11.4. The van der Waals surface area contributed by atoms with Crippen molar-refractivity contribution in [3.05, 3.63) is 40.4 Å². The minimum atomic E-state index is -1.50. The Kier molecular flexibility index (Phi) is 3.54. The van der Waals surface area contributed by atoms with E-state index >= 15 is 0 Å². The van der Waals surface area contributed by atoms with Crippen molar-refractivity contribution >= 4 is 32.7 Å². The summed E-state index contributed by atoms with van der Waals surface area (Å²) in [6.07, 6.45) is -1.50. The molecule has 0 saturated heterocycles. The SMILES string of the molecule is COC(=O)C(O)c1c(O)ccc2cc(Br)ccc12. The van der Waals surface area contributed by atoms with Crippen LogP contribution in [0.15, 0.2) is 34.8 Å². The van der Waals surface area contributed by atoms with Gasteiger partial charge in [0.25, 0.3) is 0 Å². The summed E-state index contributed by atoms with van der Waals surface area (Å²) < 4.78 is 5.36. The van der Waals surface area contributed by atoms with Crippen LogP contribution in [0.25, 0.3) is 10.8 Å². The van der Waals surface area contributed by atoms with Crippen LogP contribution >= 0.6 is 15.9 Å². The van der Waals surface area contributed by atoms with Gasteiger partial charge in [0.05, 0.1) is 7.11 Å². The first kappa shape index (κ1) is 12.9. The lowest BCUT2D eigenvalue weighted by Gasteiger charge is -2.13. The fourth-order valence-corrected chi connectivity index (χ4v) is 2.21. The molecule has 2 rings (SSSR count). The van der Waals surface area contributed by atoms with E-state index in [4.69, 9.17) is 0 Å². The Balaban J connectivity index is 2.68. The molecule has 0 heterocycles. The fraction of sp³-hybridized carbons (Fsp3) is 0.154. The molecule has 0 aliphatic carbocycles. The van der Waals surface area contributed by atoms with Crippen molar-refractivity contribution in [3.63, 3.8) is 0 Å². The van der Waals surface area contributed by atoms with Crippen LogP contribution in [0.5, 0.6) is 5.75 Å². The van der Waals surface area contributed by atoms with Gasteiger partial charge < -0.3 is 14.9 Å². The van der Waals surface area contributed by atoms with Crippen LogP contribution in [0.3, 0.4) is 0 Å². The average Bonchev–Trinajstić information content (AvgIpc) is 2.37. The van der Waals surface area contributed by atoms with E-state index in [1.165, 1.54) is 13.2 Å². The molecule has 0 amide bonds. The number of phenols is 1. The molecular formula is C13H11BrO4. The molecule has 18 heavy (non-hydrogen) atoms.